The van der Waals surface area contributed by atoms with E-state index in [0.717, 1.165) is 32.7 Å². The van der Waals surface area contributed by atoms with Crippen LogP contribution in [0, 0.1) is 11.8 Å². The van der Waals surface area contributed by atoms with Crippen molar-refractivity contribution in [3.8, 4) is 0 Å². The summed E-state index contributed by atoms with van der Waals surface area (Å²) >= 11 is 0. The van der Waals surface area contributed by atoms with Gasteiger partial charge in [-0.05, 0) is 5.92 Å². The molecule has 2 N–H and O–H groups in total. The van der Waals surface area contributed by atoms with Crippen LogP contribution in [0.1, 0.15) is 13.8 Å². The van der Waals surface area contributed by atoms with Gasteiger partial charge in [0, 0.05) is 38.8 Å². The predicted octanol–water partition coefficient (Wildman–Crippen LogP) is -0.240. The summed E-state index contributed by atoms with van der Waals surface area (Å²) < 4.78 is 5.27. The zero-order valence-corrected chi connectivity index (χ0v) is 11.5. The van der Waals surface area contributed by atoms with Crippen LogP contribution in [-0.4, -0.2) is 67.7 Å². The SMILES string of the molecule is CC(C)CN1CCN(C(=O)C2COCC2N)CC1. The number of nitrogens with zero attached hydrogens (tertiary/aromatic N) is 2. The van der Waals surface area contributed by atoms with Crippen molar-refractivity contribution in [2.75, 3.05) is 45.9 Å². The van der Waals surface area contributed by atoms with Gasteiger partial charge in [-0.15, -0.1) is 0 Å². The molecular weight excluding hydrogens is 230 g/mol. The minimum Gasteiger partial charge on any atom is -0.379 e. The molecule has 104 valence electrons. The standard InChI is InChI=1S/C13H25N3O2/c1-10(2)7-15-3-5-16(6-4-15)13(17)11-8-18-9-12(11)14/h10-12H,3-9,14H2,1-2H3. The van der Waals surface area contributed by atoms with Crippen LogP contribution < -0.4 is 5.73 Å². The number of nitrogens with two attached hydrogens (primary N) is 1. The van der Waals surface area contributed by atoms with Crippen LogP contribution in [0.25, 0.3) is 0 Å². The zero-order chi connectivity index (χ0) is 13.1. The Hall–Kier alpha value is -0.650. The van der Waals surface area contributed by atoms with E-state index in [2.05, 4.69) is 18.7 Å². The van der Waals surface area contributed by atoms with Crippen LogP contribution in [-0.2, 0) is 9.53 Å². The van der Waals surface area contributed by atoms with Crippen LogP contribution in [0.2, 0.25) is 0 Å². The molecule has 18 heavy (non-hydrogen) atoms. The Morgan fingerprint density at radius 2 is 1.94 bits per heavy atom. The maximum absolute atomic E-state index is 12.3. The number of ether oxygens (including phenoxy) is 1. The fourth-order valence-corrected chi connectivity index (χ4v) is 2.73. The third kappa shape index (κ3) is 3.22. The molecule has 2 unspecified atom stereocenters. The Morgan fingerprint density at radius 3 is 2.44 bits per heavy atom. The second kappa shape index (κ2) is 5.99. The average molecular weight is 255 g/mol. The van der Waals surface area contributed by atoms with Crippen molar-refractivity contribution in [1.29, 1.82) is 0 Å². The summed E-state index contributed by atoms with van der Waals surface area (Å²) in [5.41, 5.74) is 5.90. The number of carbonyl (C=O) groups is 1. The second-order valence-electron chi connectivity index (χ2n) is 5.83. The highest BCUT2D eigenvalue weighted by Gasteiger charge is 2.35. The normalized spacial score (nSPS) is 30.1. The molecular formula is C13H25N3O2. The first-order valence-corrected chi connectivity index (χ1v) is 6.92. The summed E-state index contributed by atoms with van der Waals surface area (Å²) in [7, 11) is 0. The van der Waals surface area contributed by atoms with E-state index in [4.69, 9.17) is 10.5 Å². The summed E-state index contributed by atoms with van der Waals surface area (Å²) in [6.07, 6.45) is 0. The minimum atomic E-state index is -0.123. The van der Waals surface area contributed by atoms with Gasteiger partial charge < -0.3 is 15.4 Å². The molecule has 2 fully saturated rings. The number of hydrogen-bond donors (Lipinski definition) is 1. The summed E-state index contributed by atoms with van der Waals surface area (Å²) in [4.78, 5) is 16.7. The molecule has 0 saturated carbocycles. The first kappa shape index (κ1) is 13.8. The lowest BCUT2D eigenvalue weighted by molar-refractivity contribution is -0.137. The van der Waals surface area contributed by atoms with E-state index in [9.17, 15) is 4.79 Å². The molecule has 2 saturated heterocycles. The van der Waals surface area contributed by atoms with E-state index >= 15 is 0 Å². The van der Waals surface area contributed by atoms with Gasteiger partial charge in [-0.3, -0.25) is 9.69 Å². The van der Waals surface area contributed by atoms with Crippen molar-refractivity contribution in [3.05, 3.63) is 0 Å². The molecule has 2 aliphatic heterocycles. The van der Waals surface area contributed by atoms with Gasteiger partial charge >= 0.3 is 0 Å². The van der Waals surface area contributed by atoms with Crippen LogP contribution in [0.4, 0.5) is 0 Å². The number of amides is 1. The van der Waals surface area contributed by atoms with Gasteiger partial charge in [-0.1, -0.05) is 13.8 Å². The lowest BCUT2D eigenvalue weighted by Gasteiger charge is -2.36. The topological polar surface area (TPSA) is 58.8 Å². The monoisotopic (exact) mass is 255 g/mol. The number of hydrogen-bond acceptors (Lipinski definition) is 4. The summed E-state index contributed by atoms with van der Waals surface area (Å²) in [5.74, 6) is 0.745. The molecule has 0 spiro atoms. The Labute approximate surface area is 109 Å². The van der Waals surface area contributed by atoms with E-state index in [0.29, 0.717) is 19.1 Å². The summed E-state index contributed by atoms with van der Waals surface area (Å²) in [6, 6.07) is -0.119. The number of piperazine rings is 1. The molecule has 0 aromatic rings. The molecule has 0 bridgehead atoms. The van der Waals surface area contributed by atoms with Gasteiger partial charge in [0.1, 0.15) is 0 Å². The van der Waals surface area contributed by atoms with Crippen molar-refractivity contribution in [3.63, 3.8) is 0 Å². The predicted molar refractivity (Wildman–Crippen MR) is 70.1 cm³/mol. The van der Waals surface area contributed by atoms with E-state index in [-0.39, 0.29) is 17.9 Å². The van der Waals surface area contributed by atoms with Gasteiger partial charge in [0.15, 0.2) is 0 Å². The number of carbonyl (C=O) groups excluding carboxylic acids is 1. The fraction of sp³-hybridized carbons (Fsp3) is 0.923. The first-order chi connectivity index (χ1) is 8.58. The van der Waals surface area contributed by atoms with E-state index in [1.165, 1.54) is 0 Å². The highest BCUT2D eigenvalue weighted by Crippen LogP contribution is 2.16. The Morgan fingerprint density at radius 1 is 1.28 bits per heavy atom. The van der Waals surface area contributed by atoms with Gasteiger partial charge in [0.05, 0.1) is 19.1 Å². The van der Waals surface area contributed by atoms with Gasteiger partial charge in [0.25, 0.3) is 0 Å². The molecule has 2 heterocycles. The van der Waals surface area contributed by atoms with E-state index < -0.39 is 0 Å². The van der Waals surface area contributed by atoms with Crippen molar-refractivity contribution in [2.24, 2.45) is 17.6 Å². The molecule has 5 heteroatoms. The van der Waals surface area contributed by atoms with Crippen molar-refractivity contribution < 1.29 is 9.53 Å². The third-order valence-electron chi connectivity index (χ3n) is 3.75. The third-order valence-corrected chi connectivity index (χ3v) is 3.75. The largest absolute Gasteiger partial charge is 0.379 e. The van der Waals surface area contributed by atoms with Crippen LogP contribution in [0.15, 0.2) is 0 Å². The summed E-state index contributed by atoms with van der Waals surface area (Å²) in [5, 5.41) is 0. The van der Waals surface area contributed by atoms with Crippen molar-refractivity contribution in [1.82, 2.24) is 9.80 Å². The molecule has 0 aromatic heterocycles. The molecule has 0 aromatic carbocycles. The molecule has 2 atom stereocenters. The molecule has 2 rings (SSSR count). The zero-order valence-electron chi connectivity index (χ0n) is 11.5. The van der Waals surface area contributed by atoms with Gasteiger partial charge in [-0.25, -0.2) is 0 Å². The minimum absolute atomic E-state index is 0.119. The second-order valence-corrected chi connectivity index (χ2v) is 5.83. The highest BCUT2D eigenvalue weighted by atomic mass is 16.5. The number of rotatable bonds is 3. The average Bonchev–Trinajstić information content (AvgIpc) is 2.75. The fourth-order valence-electron chi connectivity index (χ4n) is 2.73. The highest BCUT2D eigenvalue weighted by molar-refractivity contribution is 5.80. The maximum atomic E-state index is 12.3. The van der Waals surface area contributed by atoms with E-state index in [1.807, 2.05) is 4.90 Å². The Kier molecular flexibility index (Phi) is 4.59. The molecule has 0 aliphatic carbocycles. The van der Waals surface area contributed by atoms with Crippen molar-refractivity contribution >= 4 is 5.91 Å². The maximum Gasteiger partial charge on any atom is 0.229 e. The van der Waals surface area contributed by atoms with Gasteiger partial charge in [0.2, 0.25) is 5.91 Å². The quantitative estimate of drug-likeness (QED) is 0.756. The summed E-state index contributed by atoms with van der Waals surface area (Å²) in [6.45, 7) is 10.2. The van der Waals surface area contributed by atoms with Crippen LogP contribution in [0.3, 0.4) is 0 Å². The lowest BCUT2D eigenvalue weighted by atomic mass is 10.0. The Bertz CT molecular complexity index is 288. The Balaban J connectivity index is 1.80. The van der Waals surface area contributed by atoms with Gasteiger partial charge in [-0.2, -0.15) is 0 Å². The molecule has 5 nitrogen and oxygen atoms in total. The van der Waals surface area contributed by atoms with Crippen LogP contribution >= 0.6 is 0 Å². The van der Waals surface area contributed by atoms with Crippen LogP contribution in [0.5, 0.6) is 0 Å². The molecule has 1 amide bonds. The van der Waals surface area contributed by atoms with Crippen molar-refractivity contribution in [2.45, 2.75) is 19.9 Å². The smallest absolute Gasteiger partial charge is 0.229 e. The van der Waals surface area contributed by atoms with E-state index in [1.54, 1.807) is 0 Å². The molecule has 0 radical (unpaired) electrons. The lowest BCUT2D eigenvalue weighted by Crippen LogP contribution is -2.53. The molecule has 2 aliphatic rings. The first-order valence-electron chi connectivity index (χ1n) is 6.92.